The number of rotatable bonds is 5. The van der Waals surface area contributed by atoms with Crippen LogP contribution in [0, 0.1) is 0 Å². The molecule has 2 N–H and O–H groups in total. The van der Waals surface area contributed by atoms with Gasteiger partial charge in [0, 0.05) is 35.2 Å². The van der Waals surface area contributed by atoms with Crippen molar-refractivity contribution in [3.05, 3.63) is 45.9 Å². The van der Waals surface area contributed by atoms with Crippen LogP contribution in [0.4, 0.5) is 0 Å². The predicted octanol–water partition coefficient (Wildman–Crippen LogP) is 2.93. The zero-order chi connectivity index (χ0) is 10.5. The van der Waals surface area contributed by atoms with Crippen LogP contribution in [-0.4, -0.2) is 4.98 Å². The second-order valence-electron chi connectivity index (χ2n) is 3.54. The minimum absolute atomic E-state index is 0.933. The minimum atomic E-state index is 0.933. The molecule has 0 fully saturated rings. The standard InChI is InChI=1S/C12H16N2S/c1-2-11-3-4-12(15-11)9-14-8-10-5-6-13-7-10/h3-7,13-14H,2,8-9H2,1H3. The van der Waals surface area contributed by atoms with Gasteiger partial charge in [-0.2, -0.15) is 0 Å². The monoisotopic (exact) mass is 220 g/mol. The molecule has 3 heteroatoms. The van der Waals surface area contributed by atoms with E-state index in [4.69, 9.17) is 0 Å². The maximum atomic E-state index is 3.43. The highest BCUT2D eigenvalue weighted by atomic mass is 32.1. The Balaban J connectivity index is 1.78. The molecule has 2 nitrogen and oxygen atoms in total. The van der Waals surface area contributed by atoms with Crippen LogP contribution in [0.1, 0.15) is 22.2 Å². The van der Waals surface area contributed by atoms with E-state index in [0.29, 0.717) is 0 Å². The van der Waals surface area contributed by atoms with Gasteiger partial charge in [0.05, 0.1) is 0 Å². The van der Waals surface area contributed by atoms with E-state index in [2.05, 4.69) is 35.4 Å². The van der Waals surface area contributed by atoms with Gasteiger partial charge in [0.1, 0.15) is 0 Å². The Kier molecular flexibility index (Phi) is 3.59. The summed E-state index contributed by atoms with van der Waals surface area (Å²) < 4.78 is 0. The molecule has 0 unspecified atom stereocenters. The van der Waals surface area contributed by atoms with Crippen molar-refractivity contribution in [2.24, 2.45) is 0 Å². The predicted molar refractivity (Wildman–Crippen MR) is 65.0 cm³/mol. The molecule has 2 heterocycles. The van der Waals surface area contributed by atoms with Gasteiger partial charge >= 0.3 is 0 Å². The van der Waals surface area contributed by atoms with Crippen LogP contribution in [-0.2, 0) is 19.5 Å². The number of thiophene rings is 1. The molecule has 15 heavy (non-hydrogen) atoms. The summed E-state index contributed by atoms with van der Waals surface area (Å²) in [5.74, 6) is 0. The average molecular weight is 220 g/mol. The zero-order valence-corrected chi connectivity index (χ0v) is 9.73. The number of aromatic amines is 1. The van der Waals surface area contributed by atoms with Crippen molar-refractivity contribution < 1.29 is 0 Å². The molecule has 0 bridgehead atoms. The number of hydrogen-bond donors (Lipinski definition) is 2. The quantitative estimate of drug-likeness (QED) is 0.796. The lowest BCUT2D eigenvalue weighted by Crippen LogP contribution is -2.10. The summed E-state index contributed by atoms with van der Waals surface area (Å²) in [4.78, 5) is 5.94. The molecule has 2 rings (SSSR count). The van der Waals surface area contributed by atoms with Gasteiger partial charge in [-0.3, -0.25) is 0 Å². The highest BCUT2D eigenvalue weighted by Gasteiger charge is 1.98. The zero-order valence-electron chi connectivity index (χ0n) is 8.92. The van der Waals surface area contributed by atoms with Gasteiger partial charge < -0.3 is 10.3 Å². The third kappa shape index (κ3) is 2.94. The number of aromatic nitrogens is 1. The number of nitrogens with one attached hydrogen (secondary N) is 2. The van der Waals surface area contributed by atoms with Gasteiger partial charge in [-0.05, 0) is 30.2 Å². The highest BCUT2D eigenvalue weighted by molar-refractivity contribution is 7.11. The molecule has 0 radical (unpaired) electrons. The molecule has 0 aliphatic heterocycles. The molecule has 0 aliphatic carbocycles. The van der Waals surface area contributed by atoms with Crippen LogP contribution in [0.5, 0.6) is 0 Å². The largest absolute Gasteiger partial charge is 0.367 e. The first-order valence-electron chi connectivity index (χ1n) is 5.28. The van der Waals surface area contributed by atoms with E-state index in [0.717, 1.165) is 19.5 Å². The molecule has 2 aromatic rings. The lowest BCUT2D eigenvalue weighted by atomic mass is 10.3. The van der Waals surface area contributed by atoms with Crippen molar-refractivity contribution >= 4 is 11.3 Å². The smallest absolute Gasteiger partial charge is 0.0303 e. The Bertz CT molecular complexity index is 389. The maximum absolute atomic E-state index is 3.43. The topological polar surface area (TPSA) is 27.8 Å². The van der Waals surface area contributed by atoms with E-state index in [-0.39, 0.29) is 0 Å². The molecular formula is C12H16N2S. The minimum Gasteiger partial charge on any atom is -0.367 e. The molecule has 2 aromatic heterocycles. The van der Waals surface area contributed by atoms with Crippen molar-refractivity contribution in [2.45, 2.75) is 26.4 Å². The Morgan fingerprint density at radius 3 is 2.73 bits per heavy atom. The lowest BCUT2D eigenvalue weighted by molar-refractivity contribution is 0.701. The fourth-order valence-electron chi connectivity index (χ4n) is 1.51. The van der Waals surface area contributed by atoms with Crippen molar-refractivity contribution in [2.75, 3.05) is 0 Å². The fraction of sp³-hybridized carbons (Fsp3) is 0.333. The summed E-state index contributed by atoms with van der Waals surface area (Å²) in [7, 11) is 0. The third-order valence-electron chi connectivity index (χ3n) is 2.36. The van der Waals surface area contributed by atoms with Gasteiger partial charge in [-0.15, -0.1) is 11.3 Å². The summed E-state index contributed by atoms with van der Waals surface area (Å²) in [6.07, 6.45) is 5.12. The summed E-state index contributed by atoms with van der Waals surface area (Å²) in [5, 5.41) is 3.43. The third-order valence-corrected chi connectivity index (χ3v) is 3.59. The molecule has 0 aliphatic rings. The summed E-state index contributed by atoms with van der Waals surface area (Å²) in [6.45, 7) is 4.10. The first kappa shape index (κ1) is 10.5. The first-order valence-corrected chi connectivity index (χ1v) is 6.10. The molecule has 0 aromatic carbocycles. The van der Waals surface area contributed by atoms with Gasteiger partial charge in [-0.1, -0.05) is 6.92 Å². The summed E-state index contributed by atoms with van der Waals surface area (Å²) in [6, 6.07) is 6.53. The van der Waals surface area contributed by atoms with Crippen molar-refractivity contribution in [3.63, 3.8) is 0 Å². The Labute approximate surface area is 94.3 Å². The fourth-order valence-corrected chi connectivity index (χ4v) is 2.43. The lowest BCUT2D eigenvalue weighted by Gasteiger charge is -2.00. The van der Waals surface area contributed by atoms with E-state index in [1.807, 2.05) is 23.7 Å². The SMILES string of the molecule is CCc1ccc(CNCc2cc[nH]c2)s1. The van der Waals surface area contributed by atoms with Gasteiger partial charge in [-0.25, -0.2) is 0 Å². The number of aryl methyl sites for hydroxylation is 1. The number of hydrogen-bond acceptors (Lipinski definition) is 2. The van der Waals surface area contributed by atoms with E-state index >= 15 is 0 Å². The first-order chi connectivity index (χ1) is 7.38. The Hall–Kier alpha value is -1.06. The van der Waals surface area contributed by atoms with Crippen molar-refractivity contribution in [1.29, 1.82) is 0 Å². The van der Waals surface area contributed by atoms with Crippen LogP contribution >= 0.6 is 11.3 Å². The van der Waals surface area contributed by atoms with Crippen LogP contribution in [0.2, 0.25) is 0 Å². The van der Waals surface area contributed by atoms with Crippen LogP contribution in [0.25, 0.3) is 0 Å². The van der Waals surface area contributed by atoms with E-state index < -0.39 is 0 Å². The molecular weight excluding hydrogens is 204 g/mol. The van der Waals surface area contributed by atoms with E-state index in [9.17, 15) is 0 Å². The number of H-pyrrole nitrogens is 1. The maximum Gasteiger partial charge on any atom is 0.0303 e. The molecule has 0 saturated heterocycles. The van der Waals surface area contributed by atoms with Crippen LogP contribution < -0.4 is 5.32 Å². The Morgan fingerprint density at radius 1 is 1.20 bits per heavy atom. The van der Waals surface area contributed by atoms with E-state index in [1.165, 1.54) is 15.3 Å². The summed E-state index contributed by atoms with van der Waals surface area (Å²) in [5.41, 5.74) is 1.31. The Morgan fingerprint density at radius 2 is 2.07 bits per heavy atom. The van der Waals surface area contributed by atoms with Crippen molar-refractivity contribution in [1.82, 2.24) is 10.3 Å². The molecule has 80 valence electrons. The molecule has 0 saturated carbocycles. The van der Waals surface area contributed by atoms with E-state index in [1.54, 1.807) is 0 Å². The second kappa shape index (κ2) is 5.14. The van der Waals surface area contributed by atoms with Gasteiger partial charge in [0.2, 0.25) is 0 Å². The average Bonchev–Trinajstić information content (AvgIpc) is 2.88. The summed E-state index contributed by atoms with van der Waals surface area (Å²) >= 11 is 1.90. The second-order valence-corrected chi connectivity index (χ2v) is 4.80. The van der Waals surface area contributed by atoms with Gasteiger partial charge in [0.25, 0.3) is 0 Å². The van der Waals surface area contributed by atoms with Crippen molar-refractivity contribution in [3.8, 4) is 0 Å². The molecule has 0 atom stereocenters. The molecule has 0 amide bonds. The highest BCUT2D eigenvalue weighted by Crippen LogP contribution is 2.16. The van der Waals surface area contributed by atoms with Crippen LogP contribution in [0.15, 0.2) is 30.6 Å². The normalized spacial score (nSPS) is 10.7. The molecule has 0 spiro atoms. The van der Waals surface area contributed by atoms with Crippen LogP contribution in [0.3, 0.4) is 0 Å². The van der Waals surface area contributed by atoms with Gasteiger partial charge in [0.15, 0.2) is 0 Å².